The van der Waals surface area contributed by atoms with Gasteiger partial charge >= 0.3 is 5.97 Å². The summed E-state index contributed by atoms with van der Waals surface area (Å²) in [6.07, 6.45) is 99.3. The molecule has 0 aliphatic heterocycles. The van der Waals surface area contributed by atoms with Crippen LogP contribution in [0.2, 0.25) is 0 Å². The first-order valence-electron chi connectivity index (χ1n) is 38.9. The zero-order chi connectivity index (χ0) is 62.0. The van der Waals surface area contributed by atoms with E-state index in [1.165, 1.54) is 347 Å². The Morgan fingerprint density at radius 1 is 0.326 bits per heavy atom. The fourth-order valence-electron chi connectivity index (χ4n) is 12.1. The number of ether oxygens (including phenoxy) is 1. The average molecular weight is 1210 g/mol. The first kappa shape index (κ1) is 83.8. The van der Waals surface area contributed by atoms with Crippen LogP contribution in [0.3, 0.4) is 0 Å². The molecule has 0 fully saturated rings. The number of allylic oxidation sites excluding steroid dienone is 7. The van der Waals surface area contributed by atoms with Crippen molar-refractivity contribution in [3.8, 4) is 0 Å². The van der Waals surface area contributed by atoms with E-state index in [1.54, 1.807) is 6.08 Å². The molecule has 0 spiro atoms. The zero-order valence-electron chi connectivity index (χ0n) is 58.1. The molecule has 0 rings (SSSR count). The summed E-state index contributed by atoms with van der Waals surface area (Å²) in [5.74, 6) is -0.0600. The van der Waals surface area contributed by atoms with Crippen LogP contribution in [0.1, 0.15) is 425 Å². The number of esters is 1. The van der Waals surface area contributed by atoms with Gasteiger partial charge in [0.2, 0.25) is 5.91 Å². The summed E-state index contributed by atoms with van der Waals surface area (Å²) in [4.78, 5) is 24.6. The molecule has 86 heavy (non-hydrogen) atoms. The number of hydrogen-bond donors (Lipinski definition) is 3. The van der Waals surface area contributed by atoms with E-state index in [0.29, 0.717) is 19.4 Å². The molecular formula is C80H151NO5. The Hall–Kier alpha value is -2.18. The number of rotatable bonds is 73. The summed E-state index contributed by atoms with van der Waals surface area (Å²) in [5.41, 5.74) is 0. The van der Waals surface area contributed by atoms with E-state index in [2.05, 4.69) is 55.6 Å². The second-order valence-corrected chi connectivity index (χ2v) is 26.7. The second-order valence-electron chi connectivity index (χ2n) is 26.7. The number of aliphatic hydroxyl groups excluding tert-OH is 2. The fraction of sp³-hybridized carbons (Fsp3) is 0.875. The lowest BCUT2D eigenvalue weighted by atomic mass is 10.0. The predicted molar refractivity (Wildman–Crippen MR) is 379 cm³/mol. The Morgan fingerprint density at radius 2 is 0.581 bits per heavy atom. The largest absolute Gasteiger partial charge is 0.466 e. The van der Waals surface area contributed by atoms with E-state index in [1.807, 2.05) is 6.08 Å². The Morgan fingerprint density at radius 3 is 0.895 bits per heavy atom. The standard InChI is InChI=1S/C80H151NO5/c1-3-5-7-9-11-13-15-17-19-21-22-23-24-32-35-38-41-44-48-52-56-60-64-68-72-78(83)77(76-82)81-79(84)73-69-65-61-57-53-49-45-42-39-36-33-30-28-26-25-27-29-31-34-37-40-43-47-51-55-59-63-67-71-75-86-80(85)74-70-66-62-58-54-50-46-20-18-16-14-12-10-8-6-4-2/h20,25,27,31,34,46,68,72,77-78,82-83H,3-19,21-24,26,28-30,32-33,35-45,47-67,69-71,73-76H2,1-2H3,(H,81,84)/b27-25-,34-31-,46-20-,72-68+. The third kappa shape index (κ3) is 70.9. The minimum atomic E-state index is -0.848. The van der Waals surface area contributed by atoms with Crippen LogP contribution in [0.15, 0.2) is 48.6 Å². The van der Waals surface area contributed by atoms with Crippen LogP contribution in [0, 0.1) is 0 Å². The maximum Gasteiger partial charge on any atom is 0.305 e. The Labute approximate surface area is 537 Å². The molecule has 0 saturated carbocycles. The molecule has 6 heteroatoms. The lowest BCUT2D eigenvalue weighted by molar-refractivity contribution is -0.143. The summed E-state index contributed by atoms with van der Waals surface area (Å²) in [7, 11) is 0. The molecule has 0 heterocycles. The molecule has 506 valence electrons. The molecule has 0 saturated heterocycles. The van der Waals surface area contributed by atoms with Gasteiger partial charge in [-0.3, -0.25) is 9.59 Å². The number of nitrogens with one attached hydrogen (secondary N) is 1. The molecule has 0 aliphatic carbocycles. The maximum absolute atomic E-state index is 12.5. The van der Waals surface area contributed by atoms with E-state index < -0.39 is 12.1 Å². The molecule has 0 aromatic rings. The molecule has 2 atom stereocenters. The van der Waals surface area contributed by atoms with Crippen LogP contribution in [-0.2, 0) is 14.3 Å². The number of aliphatic hydroxyl groups is 2. The first-order valence-corrected chi connectivity index (χ1v) is 38.9. The van der Waals surface area contributed by atoms with Crippen molar-refractivity contribution in [1.82, 2.24) is 5.32 Å². The minimum absolute atomic E-state index is 0.00479. The van der Waals surface area contributed by atoms with Crippen molar-refractivity contribution < 1.29 is 24.5 Å². The molecule has 3 N–H and O–H groups in total. The van der Waals surface area contributed by atoms with Gasteiger partial charge in [0.25, 0.3) is 0 Å². The van der Waals surface area contributed by atoms with Crippen LogP contribution in [0.4, 0.5) is 0 Å². The van der Waals surface area contributed by atoms with Gasteiger partial charge in [-0.1, -0.05) is 371 Å². The van der Waals surface area contributed by atoms with Crippen LogP contribution in [0.5, 0.6) is 0 Å². The molecule has 6 nitrogen and oxygen atoms in total. The van der Waals surface area contributed by atoms with Crippen molar-refractivity contribution >= 4 is 11.9 Å². The van der Waals surface area contributed by atoms with Gasteiger partial charge in [-0.25, -0.2) is 0 Å². The Balaban J connectivity index is 3.43. The van der Waals surface area contributed by atoms with Crippen molar-refractivity contribution in [3.05, 3.63) is 48.6 Å². The van der Waals surface area contributed by atoms with E-state index in [0.717, 1.165) is 51.4 Å². The summed E-state index contributed by atoms with van der Waals surface area (Å²) < 4.78 is 5.49. The topological polar surface area (TPSA) is 95.9 Å². The van der Waals surface area contributed by atoms with Gasteiger partial charge < -0.3 is 20.3 Å². The van der Waals surface area contributed by atoms with Crippen molar-refractivity contribution in [2.75, 3.05) is 13.2 Å². The maximum atomic E-state index is 12.5. The van der Waals surface area contributed by atoms with E-state index in [9.17, 15) is 19.8 Å². The third-order valence-electron chi connectivity index (χ3n) is 18.1. The Kier molecular flexibility index (Phi) is 73.4. The highest BCUT2D eigenvalue weighted by Crippen LogP contribution is 2.19. The molecule has 0 aromatic carbocycles. The lowest BCUT2D eigenvalue weighted by Crippen LogP contribution is -2.45. The van der Waals surface area contributed by atoms with Gasteiger partial charge in [-0.05, 0) is 89.9 Å². The fourth-order valence-corrected chi connectivity index (χ4v) is 12.1. The molecule has 0 radical (unpaired) electrons. The highest BCUT2D eigenvalue weighted by molar-refractivity contribution is 5.76. The number of hydrogen-bond acceptors (Lipinski definition) is 5. The highest BCUT2D eigenvalue weighted by atomic mass is 16.5. The van der Waals surface area contributed by atoms with E-state index in [-0.39, 0.29) is 18.5 Å². The monoisotopic (exact) mass is 1210 g/mol. The summed E-state index contributed by atoms with van der Waals surface area (Å²) in [6, 6.07) is -0.631. The smallest absolute Gasteiger partial charge is 0.305 e. The molecule has 0 aromatic heterocycles. The van der Waals surface area contributed by atoms with Gasteiger partial charge in [0.05, 0.1) is 25.4 Å². The second kappa shape index (κ2) is 75.3. The van der Waals surface area contributed by atoms with E-state index in [4.69, 9.17) is 4.74 Å². The number of carbonyl (C=O) groups is 2. The van der Waals surface area contributed by atoms with Crippen LogP contribution in [0.25, 0.3) is 0 Å². The van der Waals surface area contributed by atoms with E-state index >= 15 is 0 Å². The van der Waals surface area contributed by atoms with Crippen molar-refractivity contribution in [3.63, 3.8) is 0 Å². The number of unbranched alkanes of at least 4 members (excludes halogenated alkanes) is 56. The average Bonchev–Trinajstić information content (AvgIpc) is 3.53. The van der Waals surface area contributed by atoms with Crippen molar-refractivity contribution in [1.29, 1.82) is 0 Å². The summed E-state index contributed by atoms with van der Waals surface area (Å²) in [6.45, 7) is 4.93. The van der Waals surface area contributed by atoms with Gasteiger partial charge in [0.1, 0.15) is 0 Å². The number of carbonyl (C=O) groups excluding carboxylic acids is 2. The van der Waals surface area contributed by atoms with Crippen molar-refractivity contribution in [2.24, 2.45) is 0 Å². The molecule has 2 unspecified atom stereocenters. The molecule has 0 aliphatic rings. The van der Waals surface area contributed by atoms with Gasteiger partial charge in [0.15, 0.2) is 0 Å². The van der Waals surface area contributed by atoms with Gasteiger partial charge in [-0.2, -0.15) is 0 Å². The molecular weight excluding hydrogens is 1050 g/mol. The number of amides is 1. The quantitative estimate of drug-likeness (QED) is 0.0320. The van der Waals surface area contributed by atoms with Crippen LogP contribution in [-0.4, -0.2) is 47.4 Å². The Bertz CT molecular complexity index is 1440. The highest BCUT2D eigenvalue weighted by Gasteiger charge is 2.18. The van der Waals surface area contributed by atoms with Crippen molar-refractivity contribution in [2.45, 2.75) is 437 Å². The SMILES string of the molecule is CCCCCCCCC/C=C\CCCCCCCC(=O)OCCCCCCCCCCC/C=C\C/C=C\CCCCCCCCCCCCCCCC(=O)NC(CO)C(O)/C=C/CCCCCCCCCCCCCCCCCCCCCCCC. The van der Waals surface area contributed by atoms with Gasteiger partial charge in [0, 0.05) is 12.8 Å². The first-order chi connectivity index (χ1) is 42.5. The predicted octanol–water partition coefficient (Wildman–Crippen LogP) is 25.6. The summed E-state index contributed by atoms with van der Waals surface area (Å²) >= 11 is 0. The zero-order valence-corrected chi connectivity index (χ0v) is 58.1. The molecule has 1 amide bonds. The molecule has 0 bridgehead atoms. The third-order valence-corrected chi connectivity index (χ3v) is 18.1. The van der Waals surface area contributed by atoms with Crippen LogP contribution < -0.4 is 5.32 Å². The summed E-state index contributed by atoms with van der Waals surface area (Å²) in [5, 5.41) is 23.3. The minimum Gasteiger partial charge on any atom is -0.466 e. The van der Waals surface area contributed by atoms with Gasteiger partial charge in [-0.15, -0.1) is 0 Å². The van der Waals surface area contributed by atoms with Crippen LogP contribution >= 0.6 is 0 Å². The normalized spacial score (nSPS) is 12.7. The lowest BCUT2D eigenvalue weighted by Gasteiger charge is -2.20.